The number of amides is 1. The van der Waals surface area contributed by atoms with Gasteiger partial charge in [0, 0.05) is 30.9 Å². The van der Waals surface area contributed by atoms with Crippen molar-refractivity contribution in [2.75, 3.05) is 6.61 Å². The maximum atomic E-state index is 12.2. The van der Waals surface area contributed by atoms with Crippen molar-refractivity contribution < 1.29 is 24.4 Å². The third-order valence-electron chi connectivity index (χ3n) is 4.72. The van der Waals surface area contributed by atoms with Gasteiger partial charge in [0.2, 0.25) is 11.6 Å². The monoisotopic (exact) mass is 494 g/mol. The fourth-order valence-electron chi connectivity index (χ4n) is 2.96. The van der Waals surface area contributed by atoms with E-state index in [0.29, 0.717) is 12.0 Å². The third-order valence-corrected chi connectivity index (χ3v) is 5.60. The number of carbonyl (C=O) groups is 2. The summed E-state index contributed by atoms with van der Waals surface area (Å²) in [5, 5.41) is 23.1. The van der Waals surface area contributed by atoms with Crippen LogP contribution in [0.25, 0.3) is 6.08 Å². The molecule has 0 radical (unpaired) electrons. The number of carbonyl (C=O) groups excluding carboxylic acids is 1. The van der Waals surface area contributed by atoms with Gasteiger partial charge in [-0.1, -0.05) is 60.5 Å². The molecule has 0 aromatic heterocycles. The number of aliphatic carboxylic acids is 1. The lowest BCUT2D eigenvalue weighted by atomic mass is 10.1. The molecular weight excluding hydrogens is 471 g/mol. The average molecular weight is 495 g/mol. The van der Waals surface area contributed by atoms with Crippen molar-refractivity contribution in [3.05, 3.63) is 79.4 Å². The summed E-state index contributed by atoms with van der Waals surface area (Å²) < 4.78 is 5.58. The van der Waals surface area contributed by atoms with Crippen molar-refractivity contribution in [2.24, 2.45) is 0 Å². The predicted octanol–water partition coefficient (Wildman–Crippen LogP) is 4.99. The molecule has 33 heavy (non-hydrogen) atoms. The van der Waals surface area contributed by atoms with Crippen molar-refractivity contribution in [1.82, 2.24) is 5.32 Å². The Balaban J connectivity index is 1.88. The largest absolute Gasteiger partial charge is 0.492 e. The minimum Gasteiger partial charge on any atom is -0.492 e. The van der Waals surface area contributed by atoms with Gasteiger partial charge < -0.3 is 15.2 Å². The van der Waals surface area contributed by atoms with Crippen LogP contribution in [0.5, 0.6) is 5.75 Å². The molecule has 2 rings (SSSR count). The molecule has 0 aliphatic carbocycles. The first kappa shape index (κ1) is 26.2. The van der Waals surface area contributed by atoms with Gasteiger partial charge >= 0.3 is 5.97 Å². The van der Waals surface area contributed by atoms with Crippen LogP contribution in [0, 0.1) is 10.1 Å². The zero-order valence-corrected chi connectivity index (χ0v) is 19.4. The van der Waals surface area contributed by atoms with E-state index in [2.05, 4.69) is 5.32 Å². The number of halogens is 2. The zero-order chi connectivity index (χ0) is 24.4. The Kier molecular flexibility index (Phi) is 10.2. The van der Waals surface area contributed by atoms with Crippen molar-refractivity contribution in [2.45, 2.75) is 38.6 Å². The van der Waals surface area contributed by atoms with Crippen molar-refractivity contribution in [3.8, 4) is 5.75 Å². The first-order valence-electron chi connectivity index (χ1n) is 10.2. The normalized spacial score (nSPS) is 12.2. The van der Waals surface area contributed by atoms with Crippen LogP contribution in [-0.4, -0.2) is 34.6 Å². The predicted molar refractivity (Wildman–Crippen MR) is 126 cm³/mol. The first-order chi connectivity index (χ1) is 15.7. The molecule has 176 valence electrons. The van der Waals surface area contributed by atoms with E-state index in [1.807, 2.05) is 6.07 Å². The number of nitro groups is 1. The van der Waals surface area contributed by atoms with E-state index >= 15 is 0 Å². The third kappa shape index (κ3) is 8.07. The smallest absolute Gasteiger partial charge is 0.326 e. The Morgan fingerprint density at radius 3 is 2.48 bits per heavy atom. The van der Waals surface area contributed by atoms with E-state index < -0.39 is 22.8 Å². The minimum absolute atomic E-state index is 0.000392. The molecule has 0 aliphatic heterocycles. The van der Waals surface area contributed by atoms with Gasteiger partial charge in [-0.3, -0.25) is 14.9 Å². The maximum absolute atomic E-state index is 12.2. The molecule has 0 saturated carbocycles. The molecule has 0 bridgehead atoms. The van der Waals surface area contributed by atoms with E-state index in [1.54, 1.807) is 43.3 Å². The number of nitrogens with zero attached hydrogens (tertiary/aromatic N) is 1. The lowest BCUT2D eigenvalue weighted by Gasteiger charge is -2.15. The van der Waals surface area contributed by atoms with Crippen LogP contribution < -0.4 is 10.1 Å². The molecule has 2 aromatic carbocycles. The van der Waals surface area contributed by atoms with E-state index in [0.717, 1.165) is 5.56 Å². The minimum atomic E-state index is -1.11. The summed E-state index contributed by atoms with van der Waals surface area (Å²) in [5.74, 6) is -1.23. The van der Waals surface area contributed by atoms with Gasteiger partial charge in [-0.05, 0) is 24.1 Å². The molecular formula is C23H24Cl2N2O6. The molecule has 2 N–H and O–H groups in total. The number of benzene rings is 2. The molecule has 0 aliphatic rings. The number of hydrogen-bond acceptors (Lipinski definition) is 5. The Bertz CT molecular complexity index is 1030. The summed E-state index contributed by atoms with van der Waals surface area (Å²) in [7, 11) is 0. The van der Waals surface area contributed by atoms with Gasteiger partial charge in [-0.2, -0.15) is 0 Å². The molecule has 0 saturated heterocycles. The number of carboxylic acid groups (broad SMARTS) is 1. The van der Waals surface area contributed by atoms with Crippen LogP contribution in [0.4, 0.5) is 0 Å². The highest BCUT2D eigenvalue weighted by Crippen LogP contribution is 2.36. The van der Waals surface area contributed by atoms with Gasteiger partial charge in [0.15, 0.2) is 0 Å². The quantitative estimate of drug-likeness (QED) is 0.243. The summed E-state index contributed by atoms with van der Waals surface area (Å²) in [6, 6.07) is 11.1. The van der Waals surface area contributed by atoms with Crippen LogP contribution in [0.2, 0.25) is 10.0 Å². The molecule has 0 fully saturated rings. The van der Waals surface area contributed by atoms with Crippen LogP contribution in [-0.2, 0) is 16.0 Å². The van der Waals surface area contributed by atoms with Crippen LogP contribution in [0.1, 0.15) is 37.3 Å². The first-order valence-corrected chi connectivity index (χ1v) is 11.0. The highest BCUT2D eigenvalue weighted by atomic mass is 35.5. The number of carboxylic acids is 1. The average Bonchev–Trinajstić information content (AvgIpc) is 2.78. The second-order valence-electron chi connectivity index (χ2n) is 7.13. The van der Waals surface area contributed by atoms with Crippen LogP contribution in [0.15, 0.2) is 48.2 Å². The molecule has 10 heteroatoms. The number of allylic oxidation sites excluding steroid dienone is 1. The summed E-state index contributed by atoms with van der Waals surface area (Å²) in [6.45, 7) is 1.81. The zero-order valence-electron chi connectivity index (χ0n) is 17.9. The summed E-state index contributed by atoms with van der Waals surface area (Å²) >= 11 is 12.4. The second kappa shape index (κ2) is 12.8. The highest BCUT2D eigenvalue weighted by molar-refractivity contribution is 6.43. The van der Waals surface area contributed by atoms with Gasteiger partial charge in [0.05, 0.1) is 16.6 Å². The van der Waals surface area contributed by atoms with Crippen LogP contribution >= 0.6 is 23.2 Å². The lowest BCUT2D eigenvalue weighted by molar-refractivity contribution is -0.425. The molecule has 1 amide bonds. The summed E-state index contributed by atoms with van der Waals surface area (Å²) in [5.41, 5.74) is 1.21. The molecule has 2 aromatic rings. The molecule has 0 heterocycles. The van der Waals surface area contributed by atoms with E-state index in [9.17, 15) is 24.8 Å². The molecule has 8 nitrogen and oxygen atoms in total. The SMILES string of the molecule is CC/C(=C/c1ccc(OCCCC(=O)N[C@@H](Cc2ccccc2)C(=O)O)c(Cl)c1Cl)[N+](=O)[O-]. The molecule has 0 unspecified atom stereocenters. The number of ether oxygens (including phenoxy) is 1. The second-order valence-corrected chi connectivity index (χ2v) is 7.88. The summed E-state index contributed by atoms with van der Waals surface area (Å²) in [4.78, 5) is 34.2. The number of rotatable bonds is 12. The fourth-order valence-corrected chi connectivity index (χ4v) is 3.40. The van der Waals surface area contributed by atoms with Crippen molar-refractivity contribution in [1.29, 1.82) is 0 Å². The maximum Gasteiger partial charge on any atom is 0.326 e. The van der Waals surface area contributed by atoms with Crippen molar-refractivity contribution >= 4 is 41.2 Å². The lowest BCUT2D eigenvalue weighted by Crippen LogP contribution is -2.42. The van der Waals surface area contributed by atoms with Crippen LogP contribution in [0.3, 0.4) is 0 Å². The Hall–Kier alpha value is -3.10. The van der Waals surface area contributed by atoms with Crippen molar-refractivity contribution in [3.63, 3.8) is 0 Å². The van der Waals surface area contributed by atoms with E-state index in [-0.39, 0.29) is 47.4 Å². The summed E-state index contributed by atoms with van der Waals surface area (Å²) in [6.07, 6.45) is 2.16. The number of nitrogens with one attached hydrogen (secondary N) is 1. The van der Waals surface area contributed by atoms with E-state index in [1.165, 1.54) is 6.08 Å². The Morgan fingerprint density at radius 1 is 1.18 bits per heavy atom. The topological polar surface area (TPSA) is 119 Å². The number of hydrogen-bond donors (Lipinski definition) is 2. The standard InChI is InChI=1S/C23H24Cl2N2O6/c1-2-17(27(31)32)14-16-10-11-19(22(25)21(16)24)33-12-6-9-20(28)26-18(23(29)30)13-15-7-4-3-5-8-15/h3-5,7-8,10-11,14,18H,2,6,9,12-13H2,1H3,(H,26,28)(H,29,30)/b17-14-/t18-/m0/s1. The molecule has 0 spiro atoms. The highest BCUT2D eigenvalue weighted by Gasteiger charge is 2.20. The van der Waals surface area contributed by atoms with Gasteiger partial charge in [0.25, 0.3) is 0 Å². The Labute approximate surface area is 201 Å². The fraction of sp³-hybridized carbons (Fsp3) is 0.304. The van der Waals surface area contributed by atoms with Gasteiger partial charge in [-0.15, -0.1) is 0 Å². The Morgan fingerprint density at radius 2 is 1.88 bits per heavy atom. The van der Waals surface area contributed by atoms with Gasteiger partial charge in [-0.25, -0.2) is 4.79 Å². The molecule has 1 atom stereocenters. The van der Waals surface area contributed by atoms with E-state index in [4.69, 9.17) is 27.9 Å². The van der Waals surface area contributed by atoms with Gasteiger partial charge in [0.1, 0.15) is 16.8 Å².